The van der Waals surface area contributed by atoms with Crippen LogP contribution in [0.3, 0.4) is 0 Å². The van der Waals surface area contributed by atoms with E-state index in [1.165, 1.54) is 24.3 Å². The smallest absolute Gasteiger partial charge is 0.339 e. The van der Waals surface area contributed by atoms with E-state index >= 15 is 0 Å². The number of carbonyl (C=O) groups excluding carboxylic acids is 2. The molecular formula is C21H25NO6S. The molecule has 0 aliphatic carbocycles. The van der Waals surface area contributed by atoms with E-state index in [-0.39, 0.29) is 28.7 Å². The first kappa shape index (κ1) is 22.4. The summed E-state index contributed by atoms with van der Waals surface area (Å²) in [5.74, 6) is -0.981. The van der Waals surface area contributed by atoms with Crippen LogP contribution in [-0.4, -0.2) is 33.4 Å². The molecule has 0 radical (unpaired) electrons. The summed E-state index contributed by atoms with van der Waals surface area (Å²) >= 11 is 0. The van der Waals surface area contributed by atoms with Crippen molar-refractivity contribution < 1.29 is 26.9 Å². The van der Waals surface area contributed by atoms with Crippen LogP contribution in [0.2, 0.25) is 0 Å². The van der Waals surface area contributed by atoms with Gasteiger partial charge in [0.05, 0.1) is 5.56 Å². The van der Waals surface area contributed by atoms with Crippen LogP contribution >= 0.6 is 0 Å². The molecule has 2 aromatic carbocycles. The molecule has 8 heteroatoms. The molecule has 0 saturated carbocycles. The topological polar surface area (TPSA) is 98.8 Å². The van der Waals surface area contributed by atoms with Gasteiger partial charge in [-0.3, -0.25) is 4.79 Å². The first-order chi connectivity index (χ1) is 13.7. The molecule has 0 aromatic heterocycles. The highest BCUT2D eigenvalue weighted by Crippen LogP contribution is 2.22. The van der Waals surface area contributed by atoms with Gasteiger partial charge in [-0.1, -0.05) is 25.5 Å². The molecule has 29 heavy (non-hydrogen) atoms. The average molecular weight is 419 g/mol. The maximum absolute atomic E-state index is 12.5. The molecule has 2 aromatic rings. The number of carbonyl (C=O) groups is 2. The maximum Gasteiger partial charge on any atom is 0.339 e. The number of nitrogens with one attached hydrogen (secondary N) is 1. The molecule has 156 valence electrons. The van der Waals surface area contributed by atoms with Gasteiger partial charge in [-0.05, 0) is 61.7 Å². The van der Waals surface area contributed by atoms with Gasteiger partial charge in [-0.15, -0.1) is 0 Å². The van der Waals surface area contributed by atoms with Gasteiger partial charge in [-0.2, -0.15) is 8.42 Å². The molecular weight excluding hydrogens is 394 g/mol. The third kappa shape index (κ3) is 6.60. The van der Waals surface area contributed by atoms with E-state index in [0.29, 0.717) is 12.1 Å². The Kier molecular flexibility index (Phi) is 7.78. The highest BCUT2D eigenvalue weighted by Gasteiger charge is 2.20. The van der Waals surface area contributed by atoms with Gasteiger partial charge in [0, 0.05) is 6.54 Å². The molecule has 0 aliphatic rings. The number of benzene rings is 2. The molecule has 0 fully saturated rings. The van der Waals surface area contributed by atoms with Crippen LogP contribution in [0.5, 0.6) is 5.75 Å². The van der Waals surface area contributed by atoms with Crippen molar-refractivity contribution in [2.75, 3.05) is 13.2 Å². The van der Waals surface area contributed by atoms with Crippen molar-refractivity contribution in [2.24, 2.45) is 0 Å². The van der Waals surface area contributed by atoms with Gasteiger partial charge in [0.1, 0.15) is 10.6 Å². The molecule has 0 aliphatic heterocycles. The van der Waals surface area contributed by atoms with E-state index in [1.54, 1.807) is 26.0 Å². The molecule has 0 unspecified atom stereocenters. The Morgan fingerprint density at radius 3 is 2.38 bits per heavy atom. The molecule has 1 N–H and O–H groups in total. The Balaban J connectivity index is 1.98. The minimum Gasteiger partial charge on any atom is -0.452 e. The fourth-order valence-corrected chi connectivity index (χ4v) is 3.71. The summed E-state index contributed by atoms with van der Waals surface area (Å²) in [6.45, 7) is 5.65. The quantitative estimate of drug-likeness (QED) is 0.381. The second-order valence-electron chi connectivity index (χ2n) is 6.61. The van der Waals surface area contributed by atoms with E-state index in [1.807, 2.05) is 13.0 Å². The molecule has 0 spiro atoms. The summed E-state index contributed by atoms with van der Waals surface area (Å²) in [6.07, 6.45) is 1.81. The lowest BCUT2D eigenvalue weighted by molar-refractivity contribution is -0.124. The number of hydrogen-bond donors (Lipinski definition) is 1. The summed E-state index contributed by atoms with van der Waals surface area (Å²) in [5.41, 5.74) is 1.56. The molecule has 2 rings (SSSR count). The highest BCUT2D eigenvalue weighted by atomic mass is 32.2. The number of ether oxygens (including phenoxy) is 1. The zero-order valence-corrected chi connectivity index (χ0v) is 17.5. The molecule has 0 saturated heterocycles. The highest BCUT2D eigenvalue weighted by molar-refractivity contribution is 7.87. The lowest BCUT2D eigenvalue weighted by Crippen LogP contribution is -2.29. The van der Waals surface area contributed by atoms with Gasteiger partial charge >= 0.3 is 16.1 Å². The van der Waals surface area contributed by atoms with Gasteiger partial charge in [-0.25, -0.2) is 4.79 Å². The van der Waals surface area contributed by atoms with E-state index in [9.17, 15) is 18.0 Å². The fourth-order valence-electron chi connectivity index (χ4n) is 2.46. The number of esters is 1. The summed E-state index contributed by atoms with van der Waals surface area (Å²) in [7, 11) is -4.00. The summed E-state index contributed by atoms with van der Waals surface area (Å²) in [4.78, 5) is 23.7. The van der Waals surface area contributed by atoms with E-state index in [4.69, 9.17) is 8.92 Å². The first-order valence-corrected chi connectivity index (χ1v) is 10.7. The normalized spacial score (nSPS) is 11.0. The van der Waals surface area contributed by atoms with E-state index < -0.39 is 16.1 Å². The van der Waals surface area contributed by atoms with Crippen molar-refractivity contribution in [3.8, 4) is 5.75 Å². The van der Waals surface area contributed by atoms with E-state index in [2.05, 4.69) is 5.32 Å². The van der Waals surface area contributed by atoms with Crippen LogP contribution in [0.1, 0.15) is 41.3 Å². The third-order valence-electron chi connectivity index (χ3n) is 4.10. The predicted molar refractivity (Wildman–Crippen MR) is 108 cm³/mol. The van der Waals surface area contributed by atoms with Crippen molar-refractivity contribution in [1.82, 2.24) is 5.32 Å². The van der Waals surface area contributed by atoms with Gasteiger partial charge < -0.3 is 14.2 Å². The molecule has 0 atom stereocenters. The predicted octanol–water partition coefficient (Wildman–Crippen LogP) is 3.14. The van der Waals surface area contributed by atoms with Crippen molar-refractivity contribution in [3.63, 3.8) is 0 Å². The Morgan fingerprint density at radius 2 is 1.72 bits per heavy atom. The zero-order chi connectivity index (χ0) is 21.4. The zero-order valence-electron chi connectivity index (χ0n) is 16.7. The average Bonchev–Trinajstić information content (AvgIpc) is 2.68. The summed E-state index contributed by atoms with van der Waals surface area (Å²) < 4.78 is 35.2. The van der Waals surface area contributed by atoms with Crippen molar-refractivity contribution in [2.45, 2.75) is 38.5 Å². The lowest BCUT2D eigenvalue weighted by atomic mass is 10.2. The number of rotatable bonds is 9. The Bertz CT molecular complexity index is 967. The monoisotopic (exact) mass is 419 g/mol. The van der Waals surface area contributed by atoms with Crippen LogP contribution in [0, 0.1) is 13.8 Å². The number of hydrogen-bond acceptors (Lipinski definition) is 6. The number of amides is 1. The second kappa shape index (κ2) is 10.1. The lowest BCUT2D eigenvalue weighted by Gasteiger charge is -2.10. The molecule has 0 heterocycles. The largest absolute Gasteiger partial charge is 0.452 e. The number of unbranched alkanes of at least 4 members (excludes halogenated alkanes) is 1. The van der Waals surface area contributed by atoms with Crippen LogP contribution in [0.15, 0.2) is 47.4 Å². The molecule has 1 amide bonds. The second-order valence-corrected chi connectivity index (χ2v) is 8.13. The maximum atomic E-state index is 12.5. The van der Waals surface area contributed by atoms with Crippen LogP contribution in [-0.2, 0) is 19.6 Å². The van der Waals surface area contributed by atoms with Crippen LogP contribution < -0.4 is 9.50 Å². The minimum atomic E-state index is -4.00. The van der Waals surface area contributed by atoms with Gasteiger partial charge in [0.15, 0.2) is 6.61 Å². The minimum absolute atomic E-state index is 0.0692. The Morgan fingerprint density at radius 1 is 1.03 bits per heavy atom. The van der Waals surface area contributed by atoms with Gasteiger partial charge in [0.25, 0.3) is 5.91 Å². The van der Waals surface area contributed by atoms with Crippen LogP contribution in [0.4, 0.5) is 0 Å². The SMILES string of the molecule is CCCCNC(=O)COC(=O)c1ccc(OS(=O)(=O)c2cc(C)ccc2C)cc1. The molecule has 0 bridgehead atoms. The van der Waals surface area contributed by atoms with Gasteiger partial charge in [0.2, 0.25) is 0 Å². The van der Waals surface area contributed by atoms with E-state index in [0.717, 1.165) is 18.4 Å². The summed E-state index contributed by atoms with van der Waals surface area (Å²) in [6, 6.07) is 10.6. The molecule has 7 nitrogen and oxygen atoms in total. The Hall–Kier alpha value is -2.87. The van der Waals surface area contributed by atoms with Crippen molar-refractivity contribution in [3.05, 3.63) is 59.2 Å². The fraction of sp³-hybridized carbons (Fsp3) is 0.333. The third-order valence-corrected chi connectivity index (χ3v) is 5.49. The van der Waals surface area contributed by atoms with Crippen LogP contribution in [0.25, 0.3) is 0 Å². The van der Waals surface area contributed by atoms with Crippen molar-refractivity contribution >= 4 is 22.0 Å². The first-order valence-electron chi connectivity index (χ1n) is 9.28. The van der Waals surface area contributed by atoms with Crippen molar-refractivity contribution in [1.29, 1.82) is 0 Å². The number of aryl methyl sites for hydroxylation is 2. The Labute approximate surface area is 171 Å². The standard InChI is InChI=1S/C21H25NO6S/c1-4-5-12-22-20(23)14-27-21(24)17-8-10-18(11-9-17)28-29(25,26)19-13-15(2)6-7-16(19)3/h6-11,13H,4-5,12,14H2,1-3H3,(H,22,23). The summed E-state index contributed by atoms with van der Waals surface area (Å²) in [5, 5.41) is 2.65.